The van der Waals surface area contributed by atoms with Crippen LogP contribution in [-0.4, -0.2) is 165 Å². The lowest BCUT2D eigenvalue weighted by atomic mass is 9.97. The van der Waals surface area contributed by atoms with Crippen molar-refractivity contribution in [3.05, 3.63) is 0 Å². The lowest BCUT2D eigenvalue weighted by Gasteiger charge is -2.40. The van der Waals surface area contributed by atoms with Crippen molar-refractivity contribution in [2.24, 2.45) is 5.73 Å². The molecular formula is C18H40ClN3O11. The average Bonchev–Trinajstić information content (AvgIpc) is 2.70. The number of aliphatic hydroxyl groups excluding tert-OH is 9. The number of ether oxygens (including phenoxy) is 2. The molecule has 11 atom stereocenters. The summed E-state index contributed by atoms with van der Waals surface area (Å²) in [4.78, 5) is 0. The maximum absolute atomic E-state index is 9.91. The van der Waals surface area contributed by atoms with Crippen LogP contribution in [-0.2, 0) is 9.47 Å². The minimum atomic E-state index is -1.36. The maximum Gasteiger partial charge on any atom is 0.173 e. The van der Waals surface area contributed by atoms with Crippen molar-refractivity contribution in [3.8, 4) is 0 Å². The predicted molar refractivity (Wildman–Crippen MR) is 109 cm³/mol. The molecular weight excluding hydrogens is 470 g/mol. The van der Waals surface area contributed by atoms with Gasteiger partial charge in [-0.1, -0.05) is 0 Å². The first-order valence-electron chi connectivity index (χ1n) is 10.3. The van der Waals surface area contributed by atoms with Crippen LogP contribution < -0.4 is 23.5 Å². The summed E-state index contributed by atoms with van der Waals surface area (Å²) in [7, 11) is 5.81. The minimum absolute atomic E-state index is 0. The van der Waals surface area contributed by atoms with Crippen LogP contribution in [0.5, 0.6) is 0 Å². The second kappa shape index (κ2) is 14.3. The highest BCUT2D eigenvalue weighted by Gasteiger charge is 2.43. The SMILES string of the molecule is C[N+](C)(C)CC(O)CNC1[C@H](O)OC(CO)[C@@H](O)[C@H]1O.NC1[C@H](O)OC(CO)[C@@H](O)[C@H]1O.[Cl-]. The molecule has 0 radical (unpaired) electrons. The number of nitrogens with two attached hydrogens (primary N) is 1. The van der Waals surface area contributed by atoms with Gasteiger partial charge in [-0.25, -0.2) is 0 Å². The Hall–Kier alpha value is -0.270. The first kappa shape index (κ1) is 32.7. The van der Waals surface area contributed by atoms with E-state index in [2.05, 4.69) is 5.32 Å². The third kappa shape index (κ3) is 9.71. The molecule has 2 rings (SSSR count). The van der Waals surface area contributed by atoms with Crippen LogP contribution in [0.15, 0.2) is 0 Å². The van der Waals surface area contributed by atoms with Crippen molar-refractivity contribution in [2.75, 3.05) is 47.4 Å². The highest BCUT2D eigenvalue weighted by atomic mass is 35.5. The Morgan fingerprint density at radius 2 is 1.27 bits per heavy atom. The Kier molecular flexibility index (Phi) is 14.2. The predicted octanol–water partition coefficient (Wildman–Crippen LogP) is -9.81. The molecule has 2 saturated heterocycles. The zero-order valence-corrected chi connectivity index (χ0v) is 19.7. The topological polar surface area (TPSA) is 239 Å². The molecule has 14 nitrogen and oxygen atoms in total. The van der Waals surface area contributed by atoms with Crippen LogP contribution in [0.2, 0.25) is 0 Å². The maximum atomic E-state index is 9.91. The number of rotatable bonds is 7. The highest BCUT2D eigenvalue weighted by Crippen LogP contribution is 2.20. The smallest absolute Gasteiger partial charge is 0.173 e. The molecule has 0 spiro atoms. The van der Waals surface area contributed by atoms with Crippen LogP contribution in [0, 0.1) is 0 Å². The normalized spacial score (nSPS) is 40.3. The first-order chi connectivity index (χ1) is 14.7. The van der Waals surface area contributed by atoms with Gasteiger partial charge in [0.2, 0.25) is 0 Å². The van der Waals surface area contributed by atoms with Gasteiger partial charge in [-0.05, 0) is 0 Å². The van der Waals surface area contributed by atoms with Gasteiger partial charge in [-0.2, -0.15) is 0 Å². The van der Waals surface area contributed by atoms with Gasteiger partial charge < -0.3 is 83.4 Å². The molecule has 0 aromatic rings. The third-order valence-corrected chi connectivity index (χ3v) is 5.20. The molecule has 0 aliphatic carbocycles. The molecule has 2 heterocycles. The third-order valence-electron chi connectivity index (χ3n) is 5.20. The molecule has 2 aliphatic heterocycles. The number of nitrogens with zero attached hydrogens (tertiary/aromatic N) is 1. The number of hydrogen-bond acceptors (Lipinski definition) is 13. The summed E-state index contributed by atoms with van der Waals surface area (Å²) in [6, 6.07) is -1.96. The van der Waals surface area contributed by atoms with Crippen LogP contribution in [0.4, 0.5) is 0 Å². The summed E-state index contributed by atoms with van der Waals surface area (Å²) < 4.78 is 10.3. The number of likely N-dealkylation sites (N-methyl/N-ethyl adjacent to an activating group) is 1. The van der Waals surface area contributed by atoms with Crippen LogP contribution in [0.1, 0.15) is 0 Å². The van der Waals surface area contributed by atoms with E-state index in [-0.39, 0.29) is 19.0 Å². The Bertz CT molecular complexity index is 543. The fourth-order valence-corrected chi connectivity index (χ4v) is 3.40. The second-order valence-electron chi connectivity index (χ2n) is 9.10. The number of nitrogens with one attached hydrogen (secondary N) is 1. The zero-order valence-electron chi connectivity index (χ0n) is 18.9. The van der Waals surface area contributed by atoms with Gasteiger partial charge in [0.15, 0.2) is 12.6 Å². The van der Waals surface area contributed by atoms with Crippen molar-refractivity contribution >= 4 is 0 Å². The molecule has 15 heteroatoms. The Morgan fingerprint density at radius 3 is 1.73 bits per heavy atom. The second-order valence-corrected chi connectivity index (χ2v) is 9.10. The Balaban J connectivity index is 0.000000675. The average molecular weight is 510 g/mol. The molecule has 0 aromatic carbocycles. The first-order valence-corrected chi connectivity index (χ1v) is 10.3. The molecule has 0 bridgehead atoms. The van der Waals surface area contributed by atoms with Crippen molar-refractivity contribution < 1.29 is 72.3 Å². The summed E-state index contributed by atoms with van der Waals surface area (Å²) >= 11 is 0. The van der Waals surface area contributed by atoms with Gasteiger partial charge in [-0.3, -0.25) is 0 Å². The number of hydrogen-bond donors (Lipinski definition) is 11. The van der Waals surface area contributed by atoms with Gasteiger partial charge >= 0.3 is 0 Å². The highest BCUT2D eigenvalue weighted by molar-refractivity contribution is 4.93. The standard InChI is InChI=1S/C12H27N2O6.C6H13NO5.ClH/c1-14(2,3)5-7(16)4-13-9-11(18)10(17)8(6-15)20-12(9)19;7-3-5(10)4(9)2(1-8)12-6(3)11;/h7-13,15-19H,4-6H2,1-3H3;2-6,8-11H,1,7H2;1H/q+1;;/p-1/t7?,8?,9?,10-,11+,12-;2?,3?,4-,5+,6-;/m11./s1. The molecule has 0 saturated carbocycles. The van der Waals surface area contributed by atoms with E-state index in [9.17, 15) is 30.6 Å². The van der Waals surface area contributed by atoms with Gasteiger partial charge in [0.05, 0.1) is 46.4 Å². The van der Waals surface area contributed by atoms with E-state index >= 15 is 0 Å². The Labute approximate surface area is 198 Å². The van der Waals surface area contributed by atoms with Crippen molar-refractivity contribution in [2.45, 2.75) is 67.4 Å². The molecule has 5 unspecified atom stereocenters. The summed E-state index contributed by atoms with van der Waals surface area (Å²) in [6.07, 6.45) is -10.5. The van der Waals surface area contributed by atoms with Crippen LogP contribution >= 0.6 is 0 Å². The number of quaternary nitrogens is 1. The summed E-state index contributed by atoms with van der Waals surface area (Å²) in [5.41, 5.74) is 5.26. The molecule has 0 amide bonds. The van der Waals surface area contributed by atoms with Crippen molar-refractivity contribution in [1.29, 1.82) is 0 Å². The molecule has 2 fully saturated rings. The van der Waals surface area contributed by atoms with E-state index in [0.29, 0.717) is 11.0 Å². The largest absolute Gasteiger partial charge is 1.00 e. The lowest BCUT2D eigenvalue weighted by Crippen LogP contribution is -3.00. The minimum Gasteiger partial charge on any atom is -1.00 e. The van der Waals surface area contributed by atoms with Gasteiger partial charge in [0.25, 0.3) is 0 Å². The molecule has 0 aromatic heterocycles. The Morgan fingerprint density at radius 1 is 0.818 bits per heavy atom. The van der Waals surface area contributed by atoms with E-state index in [1.54, 1.807) is 0 Å². The zero-order chi connectivity index (χ0) is 24.8. The van der Waals surface area contributed by atoms with E-state index in [0.717, 1.165) is 0 Å². The van der Waals surface area contributed by atoms with Gasteiger partial charge in [-0.15, -0.1) is 0 Å². The summed E-state index contributed by atoms with van der Waals surface area (Å²) in [5, 5.41) is 87.1. The lowest BCUT2D eigenvalue weighted by molar-refractivity contribution is -0.873. The molecule has 2 aliphatic rings. The van der Waals surface area contributed by atoms with E-state index < -0.39 is 80.6 Å². The van der Waals surface area contributed by atoms with Crippen LogP contribution in [0.25, 0.3) is 0 Å². The van der Waals surface area contributed by atoms with Gasteiger partial charge in [0.1, 0.15) is 49.3 Å². The summed E-state index contributed by atoms with van der Waals surface area (Å²) in [5.74, 6) is 0. The van der Waals surface area contributed by atoms with E-state index in [4.69, 9.17) is 30.5 Å². The van der Waals surface area contributed by atoms with E-state index in [1.807, 2.05) is 21.1 Å². The molecule has 12 N–H and O–H groups in total. The fourth-order valence-electron chi connectivity index (χ4n) is 3.40. The van der Waals surface area contributed by atoms with Crippen molar-refractivity contribution in [3.63, 3.8) is 0 Å². The quantitative estimate of drug-likeness (QED) is 0.143. The number of aliphatic hydroxyl groups is 9. The number of halogens is 1. The monoisotopic (exact) mass is 509 g/mol. The fraction of sp³-hybridized carbons (Fsp3) is 1.00. The van der Waals surface area contributed by atoms with Gasteiger partial charge in [0, 0.05) is 6.54 Å². The van der Waals surface area contributed by atoms with Crippen molar-refractivity contribution in [1.82, 2.24) is 5.32 Å². The summed E-state index contributed by atoms with van der Waals surface area (Å²) in [6.45, 7) is -0.323. The molecule has 200 valence electrons. The van der Waals surface area contributed by atoms with E-state index in [1.165, 1.54) is 0 Å². The van der Waals surface area contributed by atoms with Crippen LogP contribution in [0.3, 0.4) is 0 Å². The molecule has 33 heavy (non-hydrogen) atoms.